The second kappa shape index (κ2) is 17.4. The molecule has 5 aromatic heterocycles. The molecule has 0 amide bonds. The summed E-state index contributed by atoms with van der Waals surface area (Å²) in [7, 11) is 0. The molecule has 7 aromatic carbocycles. The van der Waals surface area contributed by atoms with E-state index in [9.17, 15) is 0 Å². The average Bonchev–Trinajstić information content (AvgIpc) is 3.90. The normalized spacial score (nSPS) is 14.2. The van der Waals surface area contributed by atoms with Crippen LogP contribution in [0.4, 0.5) is 0 Å². The molecule has 0 atom stereocenters. The molecule has 9 heteroatoms. The molecule has 0 unspecified atom stereocenters. The van der Waals surface area contributed by atoms with Gasteiger partial charge in [-0.05, 0) is 122 Å². The molecule has 0 fully saturated rings. The van der Waals surface area contributed by atoms with Crippen molar-refractivity contribution in [3.63, 3.8) is 0 Å². The highest BCUT2D eigenvalue weighted by atomic mass is 15.0. The van der Waals surface area contributed by atoms with E-state index in [1.807, 2.05) is 99.0 Å². The Labute approximate surface area is 445 Å². The fraction of sp³-hybridized carbons (Fsp3) is 0.103. The van der Waals surface area contributed by atoms with Crippen LogP contribution in [-0.2, 0) is 10.8 Å². The van der Waals surface area contributed by atoms with Crippen molar-refractivity contribution in [1.82, 2.24) is 34.9 Å². The van der Waals surface area contributed by atoms with Crippen LogP contribution in [0.5, 0.6) is 0 Å². The van der Waals surface area contributed by atoms with Gasteiger partial charge in [0.1, 0.15) is 0 Å². The number of hydrogen-bond donors (Lipinski definition) is 0. The van der Waals surface area contributed by atoms with E-state index in [1.165, 1.54) is 44.5 Å². The SMILES string of the molecule is C=C(/N=C(\N=C(/C)c1cccc2ccncc12)c1ccc2c(c1)C(C)(C)c1cc3c(cc1-2)C(C)(C)c1cc(-c2nc(-c4cccc5ccncc45)nc(-c4cccc5ccncc45)n2)ccc1-3)c1cccc2ccncc12. The molecule has 0 spiro atoms. The first-order valence-electron chi connectivity index (χ1n) is 25.9. The predicted molar refractivity (Wildman–Crippen MR) is 313 cm³/mol. The minimum Gasteiger partial charge on any atom is -0.264 e. The lowest BCUT2D eigenvalue weighted by Gasteiger charge is -2.24. The lowest BCUT2D eigenvalue weighted by atomic mass is 9.79. The Kier molecular flexibility index (Phi) is 10.4. The number of amidine groups is 1. The number of benzene rings is 7. The molecule has 0 saturated heterocycles. The van der Waals surface area contributed by atoms with Crippen molar-refractivity contribution >= 4 is 60.3 Å². The van der Waals surface area contributed by atoms with E-state index in [0.29, 0.717) is 29.0 Å². The van der Waals surface area contributed by atoms with Gasteiger partial charge in [-0.25, -0.2) is 24.9 Å². The molecule has 0 radical (unpaired) electrons. The zero-order chi connectivity index (χ0) is 52.2. The summed E-state index contributed by atoms with van der Waals surface area (Å²) in [5.74, 6) is 2.35. The van der Waals surface area contributed by atoms with Crippen molar-refractivity contribution in [3.8, 4) is 56.4 Å². The second-order valence-electron chi connectivity index (χ2n) is 21.2. The standard InChI is InChI=1S/C68H49N9/c1-39(47-15-7-11-41-23-27-69-35-55(41)47)73-63(74-40(2)48-16-8-12-42-24-28-70-36-56(42)48)45-19-21-49-53-33-62-54(34-61(53)67(3,4)59(49)31-45)50-22-20-46(32-60(50)68(62,5)6)64-75-65(51-17-9-13-43-25-29-71-37-57(43)51)77-66(76-64)52-18-10-14-44-26-30-72-38-58(44)52/h7-38H,1H2,2-6H3/b73-63-,74-40+. The Morgan fingerprint density at radius 2 is 0.844 bits per heavy atom. The summed E-state index contributed by atoms with van der Waals surface area (Å²) in [5, 5.41) is 8.28. The van der Waals surface area contributed by atoms with Crippen molar-refractivity contribution in [3.05, 3.63) is 241 Å². The topological polar surface area (TPSA) is 115 Å². The number of nitrogens with zero attached hydrogens (tertiary/aromatic N) is 9. The summed E-state index contributed by atoms with van der Waals surface area (Å²) in [5.41, 5.74) is 16.2. The molecule has 77 heavy (non-hydrogen) atoms. The van der Waals surface area contributed by atoms with Crippen LogP contribution in [-0.4, -0.2) is 46.4 Å². The van der Waals surface area contributed by atoms with Gasteiger partial charge >= 0.3 is 0 Å². The van der Waals surface area contributed by atoms with Gasteiger partial charge in [-0.2, -0.15) is 0 Å². The molecule has 9 nitrogen and oxygen atoms in total. The zero-order valence-corrected chi connectivity index (χ0v) is 43.2. The van der Waals surface area contributed by atoms with E-state index in [-0.39, 0.29) is 10.8 Å². The molecular formula is C68H49N9. The molecule has 14 rings (SSSR count). The van der Waals surface area contributed by atoms with Crippen LogP contribution in [0.3, 0.4) is 0 Å². The minimum atomic E-state index is -0.349. The first-order valence-corrected chi connectivity index (χ1v) is 25.9. The van der Waals surface area contributed by atoms with Crippen LogP contribution < -0.4 is 0 Å². The molecule has 0 N–H and O–H groups in total. The number of fused-ring (bicyclic) bond motifs is 10. The van der Waals surface area contributed by atoms with E-state index in [1.54, 1.807) is 0 Å². The number of aliphatic imine (C=N–C) groups is 2. The van der Waals surface area contributed by atoms with E-state index in [4.69, 9.17) is 24.9 Å². The highest BCUT2D eigenvalue weighted by Crippen LogP contribution is 2.56. The Morgan fingerprint density at radius 1 is 0.403 bits per heavy atom. The third-order valence-electron chi connectivity index (χ3n) is 16.1. The van der Waals surface area contributed by atoms with Crippen molar-refractivity contribution in [2.45, 2.75) is 45.4 Å². The highest BCUT2D eigenvalue weighted by Gasteiger charge is 2.42. The maximum Gasteiger partial charge on any atom is 0.164 e. The lowest BCUT2D eigenvalue weighted by Crippen LogP contribution is -2.17. The summed E-state index contributed by atoms with van der Waals surface area (Å²) >= 11 is 0. The van der Waals surface area contributed by atoms with E-state index >= 15 is 0 Å². The minimum absolute atomic E-state index is 0.343. The summed E-state index contributed by atoms with van der Waals surface area (Å²) in [6, 6.07) is 51.3. The van der Waals surface area contributed by atoms with Gasteiger partial charge < -0.3 is 0 Å². The Hall–Kier alpha value is -9.73. The van der Waals surface area contributed by atoms with E-state index in [2.05, 4.69) is 157 Å². The quantitative estimate of drug-likeness (QED) is 0.115. The van der Waals surface area contributed by atoms with Crippen molar-refractivity contribution in [2.75, 3.05) is 0 Å². The third-order valence-corrected chi connectivity index (χ3v) is 16.1. The maximum absolute atomic E-state index is 5.37. The van der Waals surface area contributed by atoms with Gasteiger partial charge in [0.15, 0.2) is 23.3 Å². The largest absolute Gasteiger partial charge is 0.264 e. The van der Waals surface area contributed by atoms with Crippen LogP contribution in [0.25, 0.3) is 105 Å². The highest BCUT2D eigenvalue weighted by molar-refractivity contribution is 6.17. The van der Waals surface area contributed by atoms with Crippen molar-refractivity contribution in [1.29, 1.82) is 0 Å². The first kappa shape index (κ1) is 45.9. The number of rotatable bonds is 7. The smallest absolute Gasteiger partial charge is 0.164 e. The summed E-state index contributed by atoms with van der Waals surface area (Å²) in [4.78, 5) is 44.3. The molecule has 2 aliphatic carbocycles. The Balaban J connectivity index is 0.868. The molecule has 5 heterocycles. The van der Waals surface area contributed by atoms with E-state index < -0.39 is 0 Å². The second-order valence-corrected chi connectivity index (χ2v) is 21.2. The number of aromatic nitrogens is 7. The number of pyridine rings is 4. The lowest BCUT2D eigenvalue weighted by molar-refractivity contribution is 0.652. The summed E-state index contributed by atoms with van der Waals surface area (Å²) < 4.78 is 0. The first-order chi connectivity index (χ1) is 37.5. The van der Waals surface area contributed by atoms with Crippen LogP contribution in [0.1, 0.15) is 73.6 Å². The fourth-order valence-corrected chi connectivity index (χ4v) is 12.0. The number of hydrogen-bond acceptors (Lipinski definition) is 8. The summed E-state index contributed by atoms with van der Waals surface area (Å²) in [6.07, 6.45) is 14.8. The van der Waals surface area contributed by atoms with Gasteiger partial charge in [-0.1, -0.05) is 131 Å². The van der Waals surface area contributed by atoms with Crippen LogP contribution in [0.15, 0.2) is 212 Å². The molecule has 366 valence electrons. The molecule has 0 saturated carbocycles. The third kappa shape index (κ3) is 7.40. The maximum atomic E-state index is 5.37. The Morgan fingerprint density at radius 3 is 1.40 bits per heavy atom. The van der Waals surface area contributed by atoms with E-state index in [0.717, 1.165) is 82.2 Å². The average molecular weight is 992 g/mol. The molecule has 0 aliphatic heterocycles. The molecule has 12 aromatic rings. The van der Waals surface area contributed by atoms with Gasteiger partial charge in [0, 0.05) is 121 Å². The monoisotopic (exact) mass is 991 g/mol. The van der Waals surface area contributed by atoms with Crippen molar-refractivity contribution < 1.29 is 0 Å². The van der Waals surface area contributed by atoms with Gasteiger partial charge in [0.2, 0.25) is 0 Å². The molecule has 2 aliphatic rings. The van der Waals surface area contributed by atoms with Crippen molar-refractivity contribution in [2.24, 2.45) is 9.98 Å². The predicted octanol–water partition coefficient (Wildman–Crippen LogP) is 15.6. The van der Waals surface area contributed by atoms with Gasteiger partial charge in [-0.3, -0.25) is 19.9 Å². The molecule has 0 bridgehead atoms. The van der Waals surface area contributed by atoms with Crippen LogP contribution >= 0.6 is 0 Å². The van der Waals surface area contributed by atoms with Crippen LogP contribution in [0, 0.1) is 0 Å². The van der Waals surface area contributed by atoms with Crippen LogP contribution in [0.2, 0.25) is 0 Å². The zero-order valence-electron chi connectivity index (χ0n) is 43.2. The molecular weight excluding hydrogens is 943 g/mol. The fourth-order valence-electron chi connectivity index (χ4n) is 12.0. The van der Waals surface area contributed by atoms with Gasteiger partial charge in [0.25, 0.3) is 0 Å². The Bertz CT molecular complexity index is 4450. The van der Waals surface area contributed by atoms with Gasteiger partial charge in [0.05, 0.1) is 5.70 Å². The summed E-state index contributed by atoms with van der Waals surface area (Å²) in [6.45, 7) is 15.9. The van der Waals surface area contributed by atoms with Gasteiger partial charge in [-0.15, -0.1) is 0 Å².